The first-order valence-electron chi connectivity index (χ1n) is 23.1. The van der Waals surface area contributed by atoms with Gasteiger partial charge >= 0.3 is 0 Å². The van der Waals surface area contributed by atoms with Crippen molar-refractivity contribution in [1.29, 1.82) is 0 Å². The summed E-state index contributed by atoms with van der Waals surface area (Å²) in [5.74, 6) is -0.101. The van der Waals surface area contributed by atoms with Gasteiger partial charge in [-0.05, 0) is 134 Å². The van der Waals surface area contributed by atoms with Crippen LogP contribution in [0.5, 0.6) is 17.2 Å². The van der Waals surface area contributed by atoms with Crippen LogP contribution >= 0.6 is 0 Å². The van der Waals surface area contributed by atoms with E-state index in [0.717, 1.165) is 69.9 Å². The molecule has 0 bridgehead atoms. The quantitative estimate of drug-likeness (QED) is 0.141. The highest BCUT2D eigenvalue weighted by Crippen LogP contribution is 2.45. The van der Waals surface area contributed by atoms with Gasteiger partial charge in [0.25, 0.3) is 0 Å². The molecule has 3 aliphatic heterocycles. The molecular formula is C57H66O9. The van der Waals surface area contributed by atoms with E-state index in [9.17, 15) is 0 Å². The third-order valence-electron chi connectivity index (χ3n) is 12.1. The summed E-state index contributed by atoms with van der Waals surface area (Å²) < 4.78 is 53.7. The van der Waals surface area contributed by atoms with Crippen LogP contribution in [-0.4, -0.2) is 58.0 Å². The summed E-state index contributed by atoms with van der Waals surface area (Å²) in [6.07, 6.45) is 3.46. The van der Waals surface area contributed by atoms with Crippen molar-refractivity contribution < 1.29 is 42.6 Å². The van der Waals surface area contributed by atoms with Crippen molar-refractivity contribution in [3.05, 3.63) is 197 Å². The number of hydrogen-bond donors (Lipinski definition) is 0. The van der Waals surface area contributed by atoms with Crippen molar-refractivity contribution >= 4 is 0 Å². The highest BCUT2D eigenvalue weighted by molar-refractivity contribution is 5.40. The summed E-state index contributed by atoms with van der Waals surface area (Å²) in [6, 6.07) is 54.1. The molecule has 9 heteroatoms. The third-order valence-corrected chi connectivity index (χ3v) is 12.1. The molecule has 0 amide bonds. The fourth-order valence-corrected chi connectivity index (χ4v) is 9.19. The lowest BCUT2D eigenvalue weighted by Gasteiger charge is -2.43. The molecule has 0 N–H and O–H groups in total. The monoisotopic (exact) mass is 894 g/mol. The SMILES string of the molecule is COc1ccc(C2(c3ccccc3)O[C@H](C)C[C@H](C)O2)cc1.COc1ccc(C2(c3ccccc3)O[C@H](C)C[C@H](C)O2)cc1.COc1ccc(C2(c3ccccc3)O[C@H](C)C[C@H](C)O2)cc1. The smallest absolute Gasteiger partial charge is 0.222 e. The standard InChI is InChI=1S/3C19H22O3/c3*1-14-13-15(2)22-19(21-14,16-7-5-4-6-8-16)17-9-11-18(20-3)12-10-17/h3*4-12,14-15H,13H2,1-3H3/t3*14-,15+,19?. The van der Waals surface area contributed by atoms with Crippen molar-refractivity contribution in [2.75, 3.05) is 21.3 Å². The van der Waals surface area contributed by atoms with Crippen molar-refractivity contribution in [3.8, 4) is 17.2 Å². The van der Waals surface area contributed by atoms with Gasteiger partial charge in [0.2, 0.25) is 17.4 Å². The average Bonchev–Trinajstić information content (AvgIpc) is 3.34. The predicted octanol–water partition coefficient (Wildman–Crippen LogP) is 12.3. The van der Waals surface area contributed by atoms with Crippen LogP contribution in [0.1, 0.15) is 94.2 Å². The lowest BCUT2D eigenvalue weighted by molar-refractivity contribution is -0.298. The Hall–Kier alpha value is -5.52. The van der Waals surface area contributed by atoms with E-state index < -0.39 is 17.4 Å². The zero-order chi connectivity index (χ0) is 46.7. The van der Waals surface area contributed by atoms with Crippen molar-refractivity contribution in [2.24, 2.45) is 0 Å². The molecule has 6 aromatic carbocycles. The number of ether oxygens (including phenoxy) is 9. The number of rotatable bonds is 9. The Kier molecular flexibility index (Phi) is 16.0. The van der Waals surface area contributed by atoms with E-state index in [1.807, 2.05) is 127 Å². The molecule has 3 aliphatic rings. The Morgan fingerprint density at radius 1 is 0.288 bits per heavy atom. The topological polar surface area (TPSA) is 83.1 Å². The number of benzene rings is 6. The maximum absolute atomic E-state index is 6.33. The van der Waals surface area contributed by atoms with Crippen LogP contribution < -0.4 is 14.2 Å². The molecule has 0 aliphatic carbocycles. The first kappa shape index (κ1) is 48.4. The Labute approximate surface area is 391 Å². The summed E-state index contributed by atoms with van der Waals surface area (Å²) in [4.78, 5) is 0. The minimum absolute atomic E-state index is 0.131. The van der Waals surface area contributed by atoms with Gasteiger partial charge in [-0.1, -0.05) is 91.0 Å². The van der Waals surface area contributed by atoms with E-state index in [1.54, 1.807) is 21.3 Å². The summed E-state index contributed by atoms with van der Waals surface area (Å²) in [5.41, 5.74) is 5.99. The lowest BCUT2D eigenvalue weighted by atomic mass is 9.94. The first-order chi connectivity index (χ1) is 31.9. The van der Waals surface area contributed by atoms with E-state index in [4.69, 9.17) is 42.6 Å². The van der Waals surface area contributed by atoms with E-state index in [2.05, 4.69) is 77.9 Å². The Morgan fingerprint density at radius 2 is 0.470 bits per heavy atom. The molecule has 0 radical (unpaired) electrons. The molecule has 0 aromatic heterocycles. The number of methoxy groups -OCH3 is 3. The largest absolute Gasteiger partial charge is 0.497 e. The maximum Gasteiger partial charge on any atom is 0.222 e. The molecule has 9 nitrogen and oxygen atoms in total. The molecule has 348 valence electrons. The minimum Gasteiger partial charge on any atom is -0.497 e. The van der Waals surface area contributed by atoms with Gasteiger partial charge in [0.05, 0.1) is 58.0 Å². The van der Waals surface area contributed by atoms with Crippen LogP contribution in [0.3, 0.4) is 0 Å². The zero-order valence-electron chi connectivity index (χ0n) is 39.8. The molecule has 3 saturated heterocycles. The van der Waals surface area contributed by atoms with E-state index in [1.165, 1.54) is 0 Å². The average molecular weight is 895 g/mol. The molecule has 3 unspecified atom stereocenters. The molecule has 0 saturated carbocycles. The molecule has 6 aromatic rings. The highest BCUT2D eigenvalue weighted by atomic mass is 16.7. The Morgan fingerprint density at radius 3 is 0.652 bits per heavy atom. The van der Waals surface area contributed by atoms with Gasteiger partial charge in [-0.2, -0.15) is 0 Å². The van der Waals surface area contributed by atoms with Crippen LogP contribution in [0.4, 0.5) is 0 Å². The van der Waals surface area contributed by atoms with Crippen molar-refractivity contribution in [2.45, 2.75) is 115 Å². The zero-order valence-corrected chi connectivity index (χ0v) is 39.8. The molecule has 0 spiro atoms. The van der Waals surface area contributed by atoms with E-state index in [-0.39, 0.29) is 36.6 Å². The maximum atomic E-state index is 6.33. The summed E-state index contributed by atoms with van der Waals surface area (Å²) >= 11 is 0. The van der Waals surface area contributed by atoms with Gasteiger partial charge in [-0.3, -0.25) is 0 Å². The molecule has 66 heavy (non-hydrogen) atoms. The summed E-state index contributed by atoms with van der Waals surface area (Å²) in [5, 5.41) is 0. The van der Waals surface area contributed by atoms with Crippen LogP contribution in [0.15, 0.2) is 164 Å². The number of hydrogen-bond acceptors (Lipinski definition) is 9. The second kappa shape index (κ2) is 21.9. The fraction of sp³-hybridized carbons (Fsp3) is 0.368. The minimum atomic E-state index is -0.857. The lowest BCUT2D eigenvalue weighted by Crippen LogP contribution is -2.45. The third kappa shape index (κ3) is 11.0. The Balaban J connectivity index is 0.000000147. The second-order valence-electron chi connectivity index (χ2n) is 17.4. The van der Waals surface area contributed by atoms with E-state index in [0.29, 0.717) is 0 Å². The fourth-order valence-electron chi connectivity index (χ4n) is 9.19. The van der Waals surface area contributed by atoms with Gasteiger partial charge in [-0.15, -0.1) is 0 Å². The molecule has 3 fully saturated rings. The van der Waals surface area contributed by atoms with Gasteiger partial charge in [0.1, 0.15) is 17.2 Å². The van der Waals surface area contributed by atoms with E-state index >= 15 is 0 Å². The van der Waals surface area contributed by atoms with Crippen molar-refractivity contribution in [3.63, 3.8) is 0 Å². The molecule has 3 heterocycles. The predicted molar refractivity (Wildman–Crippen MR) is 258 cm³/mol. The molecule has 9 rings (SSSR count). The first-order valence-corrected chi connectivity index (χ1v) is 23.1. The van der Waals surface area contributed by atoms with Crippen LogP contribution in [0, 0.1) is 0 Å². The normalized spacial score (nSPS) is 28.3. The van der Waals surface area contributed by atoms with Gasteiger partial charge < -0.3 is 42.6 Å². The summed E-state index contributed by atoms with van der Waals surface area (Å²) in [6.45, 7) is 12.6. The van der Waals surface area contributed by atoms with Crippen LogP contribution in [0.2, 0.25) is 0 Å². The van der Waals surface area contributed by atoms with Gasteiger partial charge in [0, 0.05) is 33.4 Å². The Bertz CT molecular complexity index is 2060. The highest BCUT2D eigenvalue weighted by Gasteiger charge is 2.46. The van der Waals surface area contributed by atoms with Gasteiger partial charge in [-0.25, -0.2) is 0 Å². The summed E-state index contributed by atoms with van der Waals surface area (Å²) in [7, 11) is 5.00. The molecule has 9 atom stereocenters. The van der Waals surface area contributed by atoms with Crippen molar-refractivity contribution in [1.82, 2.24) is 0 Å². The molecular weight excluding hydrogens is 829 g/mol. The van der Waals surface area contributed by atoms with Crippen LogP contribution in [0.25, 0.3) is 0 Å². The van der Waals surface area contributed by atoms with Gasteiger partial charge in [0.15, 0.2) is 0 Å². The second-order valence-corrected chi connectivity index (χ2v) is 17.4. The van der Waals surface area contributed by atoms with Crippen LogP contribution in [-0.2, 0) is 45.8 Å².